The predicted molar refractivity (Wildman–Crippen MR) is 76.3 cm³/mol. The average Bonchev–Trinajstić information content (AvgIpc) is 2.75. The van der Waals surface area contributed by atoms with E-state index < -0.39 is 10.0 Å². The fraction of sp³-hybridized carbons (Fsp3) is 0.500. The Morgan fingerprint density at radius 3 is 2.67 bits per heavy atom. The molecule has 0 aliphatic heterocycles. The molecule has 1 heterocycles. The van der Waals surface area contributed by atoms with Crippen molar-refractivity contribution in [3.05, 3.63) is 29.2 Å². The van der Waals surface area contributed by atoms with E-state index in [9.17, 15) is 8.42 Å². The van der Waals surface area contributed by atoms with Crippen LogP contribution < -0.4 is 5.32 Å². The summed E-state index contributed by atoms with van der Waals surface area (Å²) in [7, 11) is -1.54. The fourth-order valence-corrected chi connectivity index (χ4v) is 4.59. The summed E-state index contributed by atoms with van der Waals surface area (Å²) in [6.07, 6.45) is 0. The lowest BCUT2D eigenvalue weighted by molar-refractivity contribution is 0.454. The number of nitrogens with one attached hydrogen (secondary N) is 1. The highest BCUT2D eigenvalue weighted by Gasteiger charge is 2.24. The van der Waals surface area contributed by atoms with Crippen LogP contribution in [0, 0.1) is 0 Å². The third kappa shape index (κ3) is 3.65. The van der Waals surface area contributed by atoms with Crippen molar-refractivity contribution in [2.24, 2.45) is 0 Å². The van der Waals surface area contributed by atoms with Gasteiger partial charge in [-0.2, -0.15) is 4.31 Å². The minimum atomic E-state index is -3.38. The molecule has 1 N–H and O–H groups in total. The zero-order valence-corrected chi connectivity index (χ0v) is 12.7. The van der Waals surface area contributed by atoms with Gasteiger partial charge in [0.2, 0.25) is 0 Å². The quantitative estimate of drug-likeness (QED) is 0.781. The second-order valence-corrected chi connectivity index (χ2v) is 7.47. The molecule has 102 valence electrons. The Hall–Kier alpha value is -0.690. The number of hydrogen-bond acceptors (Lipinski definition) is 4. The molecule has 0 bridgehead atoms. The van der Waals surface area contributed by atoms with Gasteiger partial charge in [0.15, 0.2) is 0 Å². The van der Waals surface area contributed by atoms with Crippen LogP contribution in [0.5, 0.6) is 0 Å². The highest BCUT2D eigenvalue weighted by molar-refractivity contribution is 7.91. The number of nitrogens with zero attached hydrogens (tertiary/aromatic N) is 1. The summed E-state index contributed by atoms with van der Waals surface area (Å²) in [6.45, 7) is 8.95. The van der Waals surface area contributed by atoms with E-state index in [0.717, 1.165) is 10.5 Å². The molecule has 0 unspecified atom stereocenters. The van der Waals surface area contributed by atoms with E-state index in [0.29, 0.717) is 23.8 Å². The normalized spacial score (nSPS) is 12.0. The molecule has 0 aromatic carbocycles. The average molecular weight is 288 g/mol. The summed E-state index contributed by atoms with van der Waals surface area (Å²) in [5, 5.41) is 3.01. The van der Waals surface area contributed by atoms with Crippen LogP contribution in [0.25, 0.3) is 0 Å². The van der Waals surface area contributed by atoms with Crippen LogP contribution in [0.3, 0.4) is 0 Å². The third-order valence-corrected chi connectivity index (χ3v) is 5.85. The molecule has 0 amide bonds. The Morgan fingerprint density at radius 1 is 1.50 bits per heavy atom. The van der Waals surface area contributed by atoms with Crippen LogP contribution in [0.4, 0.5) is 0 Å². The molecule has 0 spiro atoms. The summed E-state index contributed by atoms with van der Waals surface area (Å²) in [5.41, 5.74) is 0.840. The van der Waals surface area contributed by atoms with E-state index >= 15 is 0 Å². The van der Waals surface area contributed by atoms with Crippen molar-refractivity contribution in [1.82, 2.24) is 9.62 Å². The lowest BCUT2D eigenvalue weighted by Crippen LogP contribution is -2.31. The molecule has 0 saturated heterocycles. The Morgan fingerprint density at radius 2 is 2.17 bits per heavy atom. The second-order valence-electron chi connectivity index (χ2n) is 4.14. The van der Waals surface area contributed by atoms with Gasteiger partial charge in [0.25, 0.3) is 10.0 Å². The van der Waals surface area contributed by atoms with E-state index in [1.165, 1.54) is 15.6 Å². The molecule has 1 aromatic heterocycles. The summed E-state index contributed by atoms with van der Waals surface area (Å²) in [6, 6.07) is 3.52. The summed E-state index contributed by atoms with van der Waals surface area (Å²) in [5.74, 6) is 0. The summed E-state index contributed by atoms with van der Waals surface area (Å²) in [4.78, 5) is 1.02. The lowest BCUT2D eigenvalue weighted by atomic mass is 10.3. The van der Waals surface area contributed by atoms with E-state index in [4.69, 9.17) is 0 Å². The predicted octanol–water partition coefficient (Wildman–Crippen LogP) is 2.05. The molecule has 0 atom stereocenters. The van der Waals surface area contributed by atoms with E-state index in [2.05, 4.69) is 11.9 Å². The monoisotopic (exact) mass is 288 g/mol. The number of hydrogen-bond donors (Lipinski definition) is 1. The largest absolute Gasteiger partial charge is 0.315 e. The Bertz CT molecular complexity index is 506. The maximum Gasteiger partial charge on any atom is 0.252 e. The van der Waals surface area contributed by atoms with E-state index in [-0.39, 0.29) is 0 Å². The first-order valence-corrected chi connectivity index (χ1v) is 8.05. The Labute approximate surface area is 113 Å². The first kappa shape index (κ1) is 15.4. The minimum Gasteiger partial charge on any atom is -0.315 e. The number of likely N-dealkylation sites (N-methyl/N-ethyl adjacent to an activating group) is 1. The molecular weight excluding hydrogens is 268 g/mol. The molecule has 0 fully saturated rings. The first-order valence-electron chi connectivity index (χ1n) is 5.79. The van der Waals surface area contributed by atoms with Gasteiger partial charge >= 0.3 is 0 Å². The van der Waals surface area contributed by atoms with Crippen molar-refractivity contribution in [1.29, 1.82) is 0 Å². The van der Waals surface area contributed by atoms with Gasteiger partial charge in [-0.3, -0.25) is 0 Å². The lowest BCUT2D eigenvalue weighted by Gasteiger charge is -2.19. The van der Waals surface area contributed by atoms with Crippen molar-refractivity contribution in [2.75, 3.05) is 20.1 Å². The second kappa shape index (κ2) is 6.47. The fourth-order valence-electron chi connectivity index (χ4n) is 1.56. The van der Waals surface area contributed by atoms with Crippen molar-refractivity contribution in [3.63, 3.8) is 0 Å². The molecular formula is C12H20N2O2S2. The maximum atomic E-state index is 12.4. The maximum absolute atomic E-state index is 12.4. The van der Waals surface area contributed by atoms with Gasteiger partial charge in [-0.1, -0.05) is 19.1 Å². The number of rotatable bonds is 7. The van der Waals surface area contributed by atoms with Gasteiger partial charge in [-0.25, -0.2) is 8.42 Å². The van der Waals surface area contributed by atoms with Crippen LogP contribution in [0.1, 0.15) is 18.7 Å². The highest BCUT2D eigenvalue weighted by atomic mass is 32.2. The molecule has 0 radical (unpaired) electrons. The standard InChI is InChI=1S/C12H20N2O2S2/c1-5-14(9-10(2)3)18(15,16)12-7-6-11(17-12)8-13-4/h6-7,13H,2,5,8-9H2,1,3-4H3. The van der Waals surface area contributed by atoms with Crippen LogP contribution in [-0.2, 0) is 16.6 Å². The molecule has 1 aromatic rings. The Kier molecular flexibility index (Phi) is 5.52. The van der Waals surface area contributed by atoms with Gasteiger partial charge in [0.1, 0.15) is 4.21 Å². The van der Waals surface area contributed by atoms with Crippen molar-refractivity contribution >= 4 is 21.4 Å². The Balaban J connectivity index is 2.99. The zero-order valence-electron chi connectivity index (χ0n) is 11.1. The third-order valence-electron chi connectivity index (χ3n) is 2.38. The molecule has 0 aliphatic carbocycles. The summed E-state index contributed by atoms with van der Waals surface area (Å²) >= 11 is 1.31. The number of sulfonamides is 1. The van der Waals surface area contributed by atoms with Gasteiger partial charge in [0, 0.05) is 24.5 Å². The van der Waals surface area contributed by atoms with Crippen LogP contribution in [0.15, 0.2) is 28.5 Å². The molecule has 1 rings (SSSR count). The van der Waals surface area contributed by atoms with Crippen molar-refractivity contribution in [2.45, 2.75) is 24.6 Å². The highest BCUT2D eigenvalue weighted by Crippen LogP contribution is 2.25. The van der Waals surface area contributed by atoms with E-state index in [1.807, 2.05) is 27.0 Å². The van der Waals surface area contributed by atoms with Crippen LogP contribution in [-0.4, -0.2) is 32.9 Å². The van der Waals surface area contributed by atoms with Crippen molar-refractivity contribution < 1.29 is 8.42 Å². The van der Waals surface area contributed by atoms with Gasteiger partial charge in [-0.15, -0.1) is 11.3 Å². The van der Waals surface area contributed by atoms with Crippen LogP contribution >= 0.6 is 11.3 Å². The smallest absolute Gasteiger partial charge is 0.252 e. The number of thiophene rings is 1. The molecule has 18 heavy (non-hydrogen) atoms. The minimum absolute atomic E-state index is 0.373. The topological polar surface area (TPSA) is 49.4 Å². The van der Waals surface area contributed by atoms with Crippen LogP contribution in [0.2, 0.25) is 0 Å². The van der Waals surface area contributed by atoms with Gasteiger partial charge in [-0.05, 0) is 26.1 Å². The molecule has 0 saturated carbocycles. The molecule has 0 aliphatic rings. The van der Waals surface area contributed by atoms with E-state index in [1.54, 1.807) is 6.07 Å². The first-order chi connectivity index (χ1) is 8.41. The SMILES string of the molecule is C=C(C)CN(CC)S(=O)(=O)c1ccc(CNC)s1. The van der Waals surface area contributed by atoms with Crippen molar-refractivity contribution in [3.8, 4) is 0 Å². The summed E-state index contributed by atoms with van der Waals surface area (Å²) < 4.78 is 26.6. The van der Waals surface area contributed by atoms with Gasteiger partial charge < -0.3 is 5.32 Å². The molecule has 4 nitrogen and oxygen atoms in total. The zero-order chi connectivity index (χ0) is 13.8. The van der Waals surface area contributed by atoms with Gasteiger partial charge in [0.05, 0.1) is 0 Å². The molecule has 6 heteroatoms.